The van der Waals surface area contributed by atoms with E-state index < -0.39 is 15.9 Å². The molecule has 0 spiro atoms. The highest BCUT2D eigenvalue weighted by atomic mass is 79.9. The van der Waals surface area contributed by atoms with Gasteiger partial charge in [0, 0.05) is 23.2 Å². The maximum Gasteiger partial charge on any atom is 0.261 e. The van der Waals surface area contributed by atoms with Crippen LogP contribution in [0.25, 0.3) is 0 Å². The van der Waals surface area contributed by atoms with Crippen LogP contribution in [0.4, 0.5) is 5.69 Å². The zero-order valence-corrected chi connectivity index (χ0v) is 19.4. The lowest BCUT2D eigenvalue weighted by atomic mass is 10.2. The third kappa shape index (κ3) is 5.75. The third-order valence-corrected chi connectivity index (χ3v) is 6.85. The number of benzene rings is 2. The normalized spacial score (nSPS) is 11.2. The lowest BCUT2D eigenvalue weighted by Crippen LogP contribution is -2.34. The molecule has 0 aliphatic rings. The first-order valence-corrected chi connectivity index (χ1v) is 11.4. The summed E-state index contributed by atoms with van der Waals surface area (Å²) >= 11 is 8.51. The Morgan fingerprint density at radius 1 is 1.14 bits per heavy atom. The predicted molar refractivity (Wildman–Crippen MR) is 121 cm³/mol. The molecule has 0 heterocycles. The molecule has 0 atom stereocenters. The van der Waals surface area contributed by atoms with Crippen LogP contribution in [-0.2, 0) is 10.0 Å². The molecule has 2 N–H and O–H groups in total. The van der Waals surface area contributed by atoms with Crippen molar-refractivity contribution in [2.24, 2.45) is 0 Å². The van der Waals surface area contributed by atoms with Crippen LogP contribution < -0.4 is 15.4 Å². The van der Waals surface area contributed by atoms with Gasteiger partial charge in [-0.25, -0.2) is 8.42 Å². The molecule has 0 aliphatic heterocycles. The van der Waals surface area contributed by atoms with Crippen LogP contribution in [0.1, 0.15) is 24.2 Å². The number of anilines is 1. The number of carbonyl (C=O) groups is 1. The fraction of sp³-hybridized carbons (Fsp3) is 0.263. The molecule has 0 fully saturated rings. The maximum absolute atomic E-state index is 12.5. The molecule has 0 unspecified atom stereocenters. The Kier molecular flexibility index (Phi) is 8.14. The van der Waals surface area contributed by atoms with Gasteiger partial charge in [0.1, 0.15) is 5.75 Å². The van der Waals surface area contributed by atoms with Crippen LogP contribution in [0.3, 0.4) is 0 Å². The topological polar surface area (TPSA) is 87.7 Å². The molecule has 2 aromatic carbocycles. The number of nitrogens with one attached hydrogen (secondary N) is 2. The van der Waals surface area contributed by atoms with Crippen LogP contribution in [0, 0.1) is 0 Å². The number of halogens is 1. The molecule has 2 rings (SSSR count). The summed E-state index contributed by atoms with van der Waals surface area (Å²) in [5.74, 6) is -0.0131. The Bertz CT molecular complexity index is 991. The van der Waals surface area contributed by atoms with Gasteiger partial charge in [0.05, 0.1) is 17.6 Å². The van der Waals surface area contributed by atoms with Crippen molar-refractivity contribution in [1.82, 2.24) is 9.62 Å². The van der Waals surface area contributed by atoms with E-state index in [1.165, 1.54) is 23.5 Å². The van der Waals surface area contributed by atoms with Crippen molar-refractivity contribution in [3.05, 3.63) is 52.5 Å². The van der Waals surface area contributed by atoms with Crippen molar-refractivity contribution in [1.29, 1.82) is 0 Å². The Balaban J connectivity index is 2.08. The highest BCUT2D eigenvalue weighted by Crippen LogP contribution is 2.23. The predicted octanol–water partition coefficient (Wildman–Crippen LogP) is 3.62. The molecule has 0 saturated carbocycles. The van der Waals surface area contributed by atoms with Gasteiger partial charge in [0.2, 0.25) is 10.0 Å². The molecule has 0 aliphatic carbocycles. The highest BCUT2D eigenvalue weighted by Gasteiger charge is 2.21. The van der Waals surface area contributed by atoms with E-state index in [0.717, 1.165) is 4.47 Å². The molecular weight excluding hydrogens is 478 g/mol. The number of ether oxygens (including phenoxy) is 1. The van der Waals surface area contributed by atoms with Crippen LogP contribution in [0.5, 0.6) is 5.75 Å². The summed E-state index contributed by atoms with van der Waals surface area (Å²) in [6, 6.07) is 11.2. The summed E-state index contributed by atoms with van der Waals surface area (Å²) in [6.45, 7) is 4.37. The van der Waals surface area contributed by atoms with Crippen LogP contribution in [-0.4, -0.2) is 43.9 Å². The number of amides is 1. The largest absolute Gasteiger partial charge is 0.496 e. The third-order valence-electron chi connectivity index (χ3n) is 4.09. The molecule has 1 amide bonds. The SMILES string of the molecule is CCN(CC)S(=O)(=O)c1ccc(NC(=S)NC(=O)c2cc(Br)ccc2OC)cc1. The Morgan fingerprint density at radius 3 is 2.31 bits per heavy atom. The zero-order chi connectivity index (χ0) is 21.6. The standard InChI is InChI=1S/C19H22BrN3O4S2/c1-4-23(5-2)29(25,26)15-9-7-14(8-10-15)21-19(28)22-18(24)16-12-13(20)6-11-17(16)27-3/h6-12H,4-5H2,1-3H3,(H2,21,22,24,28). The highest BCUT2D eigenvalue weighted by molar-refractivity contribution is 9.10. The van der Waals surface area contributed by atoms with Gasteiger partial charge in [-0.15, -0.1) is 0 Å². The summed E-state index contributed by atoms with van der Waals surface area (Å²) in [5, 5.41) is 5.53. The van der Waals surface area contributed by atoms with Gasteiger partial charge >= 0.3 is 0 Å². The first-order chi connectivity index (χ1) is 13.7. The van der Waals surface area contributed by atoms with Gasteiger partial charge in [0.25, 0.3) is 5.91 Å². The zero-order valence-electron chi connectivity index (χ0n) is 16.2. The van der Waals surface area contributed by atoms with Gasteiger partial charge in [0.15, 0.2) is 5.11 Å². The summed E-state index contributed by atoms with van der Waals surface area (Å²) in [7, 11) is -2.05. The summed E-state index contributed by atoms with van der Waals surface area (Å²) < 4.78 is 32.4. The fourth-order valence-electron chi connectivity index (χ4n) is 2.61. The van der Waals surface area contributed by atoms with Gasteiger partial charge in [-0.3, -0.25) is 10.1 Å². The van der Waals surface area contributed by atoms with Crippen LogP contribution >= 0.6 is 28.1 Å². The van der Waals surface area contributed by atoms with Crippen molar-refractivity contribution in [3.8, 4) is 5.75 Å². The first-order valence-electron chi connectivity index (χ1n) is 8.79. The lowest BCUT2D eigenvalue weighted by molar-refractivity contribution is 0.0974. The maximum atomic E-state index is 12.5. The van der Waals surface area contributed by atoms with E-state index >= 15 is 0 Å². The Morgan fingerprint density at radius 2 is 1.76 bits per heavy atom. The first kappa shape index (κ1) is 23.3. The summed E-state index contributed by atoms with van der Waals surface area (Å²) in [4.78, 5) is 12.7. The lowest BCUT2D eigenvalue weighted by Gasteiger charge is -2.18. The molecule has 0 saturated heterocycles. The second-order valence-corrected chi connectivity index (χ2v) is 9.13. The van der Waals surface area contributed by atoms with E-state index in [4.69, 9.17) is 17.0 Å². The number of hydrogen-bond donors (Lipinski definition) is 2. The van der Waals surface area contributed by atoms with Gasteiger partial charge in [-0.05, 0) is 54.7 Å². The molecule has 7 nitrogen and oxygen atoms in total. The quantitative estimate of drug-likeness (QED) is 0.565. The average Bonchev–Trinajstić information content (AvgIpc) is 2.69. The monoisotopic (exact) mass is 499 g/mol. The summed E-state index contributed by atoms with van der Waals surface area (Å²) in [6.07, 6.45) is 0. The number of thiocarbonyl (C=S) groups is 1. The molecule has 0 aromatic heterocycles. The summed E-state index contributed by atoms with van der Waals surface area (Å²) in [5.41, 5.74) is 0.877. The van der Waals surface area contributed by atoms with E-state index in [1.54, 1.807) is 44.2 Å². The van der Waals surface area contributed by atoms with Gasteiger partial charge in [-0.1, -0.05) is 29.8 Å². The van der Waals surface area contributed by atoms with E-state index in [0.29, 0.717) is 30.1 Å². The number of rotatable bonds is 7. The van der Waals surface area contributed by atoms with Crippen molar-refractivity contribution in [2.45, 2.75) is 18.7 Å². The smallest absolute Gasteiger partial charge is 0.261 e. The fourth-order valence-corrected chi connectivity index (χ4v) is 4.64. The minimum atomic E-state index is -3.53. The number of methoxy groups -OCH3 is 1. The minimum absolute atomic E-state index is 0.0800. The van der Waals surface area contributed by atoms with E-state index in [9.17, 15) is 13.2 Å². The van der Waals surface area contributed by atoms with E-state index in [2.05, 4.69) is 26.6 Å². The minimum Gasteiger partial charge on any atom is -0.496 e. The molecule has 0 radical (unpaired) electrons. The average molecular weight is 500 g/mol. The molecule has 29 heavy (non-hydrogen) atoms. The van der Waals surface area contributed by atoms with Crippen molar-refractivity contribution < 1.29 is 17.9 Å². The molecule has 10 heteroatoms. The van der Waals surface area contributed by atoms with Crippen molar-refractivity contribution in [3.63, 3.8) is 0 Å². The van der Waals surface area contributed by atoms with E-state index in [-0.39, 0.29) is 10.0 Å². The number of sulfonamides is 1. The molecule has 0 bridgehead atoms. The van der Waals surface area contributed by atoms with Gasteiger partial charge < -0.3 is 10.1 Å². The van der Waals surface area contributed by atoms with Crippen molar-refractivity contribution >= 4 is 54.9 Å². The Labute approximate surface area is 184 Å². The van der Waals surface area contributed by atoms with Crippen LogP contribution in [0.15, 0.2) is 51.8 Å². The second-order valence-electron chi connectivity index (χ2n) is 5.87. The van der Waals surface area contributed by atoms with Crippen LogP contribution in [0.2, 0.25) is 0 Å². The molecular formula is C19H22BrN3O4S2. The number of hydrogen-bond acceptors (Lipinski definition) is 5. The molecule has 156 valence electrons. The Hall–Kier alpha value is -2.01. The van der Waals surface area contributed by atoms with E-state index in [1.807, 2.05) is 0 Å². The second kappa shape index (κ2) is 10.1. The number of carbonyl (C=O) groups excluding carboxylic acids is 1. The number of nitrogens with zero attached hydrogens (tertiary/aromatic N) is 1. The van der Waals surface area contributed by atoms with Crippen molar-refractivity contribution in [2.75, 3.05) is 25.5 Å². The van der Waals surface area contributed by atoms with Gasteiger partial charge in [-0.2, -0.15) is 4.31 Å². The molecule has 2 aromatic rings.